The Morgan fingerprint density at radius 2 is 1.83 bits per heavy atom. The van der Waals surface area contributed by atoms with E-state index >= 15 is 0 Å². The minimum atomic E-state index is -0.282. The van der Waals surface area contributed by atoms with Crippen LogP contribution in [0.4, 0.5) is 0 Å². The van der Waals surface area contributed by atoms with Gasteiger partial charge < -0.3 is 9.32 Å². The monoisotopic (exact) mass is 410 g/mol. The Labute approximate surface area is 177 Å². The molecule has 0 saturated carbocycles. The zero-order valence-electron chi connectivity index (χ0n) is 18.2. The smallest absolute Gasteiger partial charge is 0.257 e. The average molecular weight is 411 g/mol. The summed E-state index contributed by atoms with van der Waals surface area (Å²) in [5, 5.41) is 6.15. The van der Waals surface area contributed by atoms with E-state index in [2.05, 4.69) is 5.10 Å². The molecule has 0 unspecified atom stereocenters. The lowest BCUT2D eigenvalue weighted by Gasteiger charge is -2.25. The minimum Gasteiger partial charge on any atom is -0.467 e. The Bertz CT molecular complexity index is 886. The van der Waals surface area contributed by atoms with Crippen molar-refractivity contribution in [1.29, 1.82) is 0 Å². The van der Waals surface area contributed by atoms with Crippen LogP contribution in [0.2, 0.25) is 0 Å². The molecule has 3 rings (SSSR count). The number of benzene rings is 1. The van der Waals surface area contributed by atoms with Gasteiger partial charge in [-0.2, -0.15) is 5.10 Å². The largest absolute Gasteiger partial charge is 0.467 e. The summed E-state index contributed by atoms with van der Waals surface area (Å²) in [4.78, 5) is 28.9. The third kappa shape index (κ3) is 4.97. The summed E-state index contributed by atoms with van der Waals surface area (Å²) in [7, 11) is 1.78. The van der Waals surface area contributed by atoms with Crippen molar-refractivity contribution in [3.05, 3.63) is 59.5 Å². The molecule has 0 aliphatic carbocycles. The first-order valence-corrected chi connectivity index (χ1v) is 10.4. The van der Waals surface area contributed by atoms with E-state index in [0.29, 0.717) is 25.3 Å². The molecule has 2 aromatic rings. The van der Waals surface area contributed by atoms with Gasteiger partial charge in [-0.3, -0.25) is 14.5 Å². The first-order valence-electron chi connectivity index (χ1n) is 10.4. The molecule has 2 heterocycles. The fourth-order valence-corrected chi connectivity index (χ4v) is 3.63. The van der Waals surface area contributed by atoms with Crippen LogP contribution in [0, 0.1) is 6.92 Å². The molecule has 1 aliphatic heterocycles. The summed E-state index contributed by atoms with van der Waals surface area (Å²) >= 11 is 0. The Balaban J connectivity index is 1.75. The summed E-state index contributed by atoms with van der Waals surface area (Å²) in [6.45, 7) is 7.56. The molecular weight excluding hydrogens is 380 g/mol. The predicted molar refractivity (Wildman–Crippen MR) is 116 cm³/mol. The van der Waals surface area contributed by atoms with Gasteiger partial charge in [-0.25, -0.2) is 5.01 Å². The first-order chi connectivity index (χ1) is 14.4. The number of likely N-dealkylation sites (N-methyl/N-ethyl adjacent to an activating group) is 2. The summed E-state index contributed by atoms with van der Waals surface area (Å²) in [5.41, 5.74) is 3.02. The van der Waals surface area contributed by atoms with Gasteiger partial charge in [0.25, 0.3) is 5.91 Å². The Morgan fingerprint density at radius 3 is 2.43 bits per heavy atom. The van der Waals surface area contributed by atoms with E-state index in [0.717, 1.165) is 11.3 Å². The lowest BCUT2D eigenvalue weighted by atomic mass is 10.0. The molecule has 0 bridgehead atoms. The first kappa shape index (κ1) is 21.8. The Kier molecular flexibility index (Phi) is 7.05. The molecular formula is C23H30N4O3. The highest BCUT2D eigenvalue weighted by atomic mass is 16.3. The second-order valence-electron chi connectivity index (χ2n) is 7.62. The summed E-state index contributed by atoms with van der Waals surface area (Å²) in [6, 6.07) is 11.5. The molecule has 1 aliphatic rings. The number of amides is 2. The number of hydrogen-bond donors (Lipinski definition) is 0. The highest BCUT2D eigenvalue weighted by Gasteiger charge is 2.35. The zero-order chi connectivity index (χ0) is 21.7. The van der Waals surface area contributed by atoms with Crippen molar-refractivity contribution >= 4 is 17.5 Å². The minimum absolute atomic E-state index is 0.0168. The Hall–Kier alpha value is -2.93. The number of rotatable bonds is 8. The van der Waals surface area contributed by atoms with Crippen molar-refractivity contribution in [3.63, 3.8) is 0 Å². The third-order valence-electron chi connectivity index (χ3n) is 5.35. The molecule has 1 atom stereocenters. The maximum atomic E-state index is 13.1. The molecule has 7 nitrogen and oxygen atoms in total. The molecule has 0 N–H and O–H groups in total. The van der Waals surface area contributed by atoms with E-state index in [9.17, 15) is 9.59 Å². The van der Waals surface area contributed by atoms with Crippen molar-refractivity contribution in [2.45, 2.75) is 33.2 Å². The number of carbonyl (C=O) groups is 2. The van der Waals surface area contributed by atoms with Crippen molar-refractivity contribution in [1.82, 2.24) is 14.8 Å². The van der Waals surface area contributed by atoms with Crippen LogP contribution in [-0.4, -0.2) is 65.6 Å². The van der Waals surface area contributed by atoms with Crippen LogP contribution in [-0.2, 0) is 9.59 Å². The lowest BCUT2D eigenvalue weighted by molar-refractivity contribution is -0.136. The second kappa shape index (κ2) is 9.71. The fourth-order valence-electron chi connectivity index (χ4n) is 3.63. The molecule has 0 saturated heterocycles. The maximum absolute atomic E-state index is 13.1. The van der Waals surface area contributed by atoms with Gasteiger partial charge in [0.1, 0.15) is 11.8 Å². The molecule has 7 heteroatoms. The molecule has 160 valence electrons. The van der Waals surface area contributed by atoms with E-state index in [4.69, 9.17) is 4.42 Å². The number of carbonyl (C=O) groups excluding carboxylic acids is 2. The van der Waals surface area contributed by atoms with Gasteiger partial charge in [0.15, 0.2) is 0 Å². The van der Waals surface area contributed by atoms with E-state index < -0.39 is 0 Å². The second-order valence-corrected chi connectivity index (χ2v) is 7.62. The standard InChI is InChI=1S/C23H30N4O3/c1-5-26(6-2)22(28)15-25(4)16-23(29)27-20(21-8-7-13-30-21)14-19(24-27)18-11-9-17(3)10-12-18/h7-13,20H,5-6,14-16H2,1-4H3/t20-/m0/s1. The van der Waals surface area contributed by atoms with Gasteiger partial charge in [0, 0.05) is 19.5 Å². The van der Waals surface area contributed by atoms with Crippen LogP contribution in [0.1, 0.15) is 43.2 Å². The van der Waals surface area contributed by atoms with Gasteiger partial charge in [-0.15, -0.1) is 0 Å². The molecule has 1 aromatic heterocycles. The van der Waals surface area contributed by atoms with Crippen LogP contribution in [0.25, 0.3) is 0 Å². The van der Waals surface area contributed by atoms with Gasteiger partial charge in [0.05, 0.1) is 25.1 Å². The van der Waals surface area contributed by atoms with Crippen LogP contribution in [0.3, 0.4) is 0 Å². The summed E-state index contributed by atoms with van der Waals surface area (Å²) in [6.07, 6.45) is 2.20. The molecule has 0 radical (unpaired) electrons. The maximum Gasteiger partial charge on any atom is 0.257 e. The van der Waals surface area contributed by atoms with Gasteiger partial charge in [-0.1, -0.05) is 29.8 Å². The van der Waals surface area contributed by atoms with Crippen molar-refractivity contribution < 1.29 is 14.0 Å². The van der Waals surface area contributed by atoms with Gasteiger partial charge in [-0.05, 0) is 45.5 Å². The fraction of sp³-hybridized carbons (Fsp3) is 0.435. The van der Waals surface area contributed by atoms with Crippen molar-refractivity contribution in [2.24, 2.45) is 5.10 Å². The number of aryl methyl sites for hydroxylation is 1. The van der Waals surface area contributed by atoms with E-state index in [1.165, 1.54) is 10.6 Å². The lowest BCUT2D eigenvalue weighted by Crippen LogP contribution is -2.42. The Morgan fingerprint density at radius 1 is 1.13 bits per heavy atom. The normalized spacial score (nSPS) is 16.1. The number of hydrogen-bond acceptors (Lipinski definition) is 5. The number of furan rings is 1. The highest BCUT2D eigenvalue weighted by Crippen LogP contribution is 2.33. The number of hydrazone groups is 1. The highest BCUT2D eigenvalue weighted by molar-refractivity contribution is 6.03. The average Bonchev–Trinajstić information content (AvgIpc) is 3.39. The van der Waals surface area contributed by atoms with Gasteiger partial charge in [0.2, 0.25) is 5.91 Å². The summed E-state index contributed by atoms with van der Waals surface area (Å²) < 4.78 is 5.59. The topological polar surface area (TPSA) is 69.4 Å². The van der Waals surface area contributed by atoms with Crippen LogP contribution in [0.5, 0.6) is 0 Å². The molecule has 1 aromatic carbocycles. The molecule has 0 fully saturated rings. The third-order valence-corrected chi connectivity index (χ3v) is 5.35. The molecule has 0 spiro atoms. The predicted octanol–water partition coefficient (Wildman–Crippen LogP) is 3.07. The quantitative estimate of drug-likeness (QED) is 0.671. The molecule has 2 amide bonds. The van der Waals surface area contributed by atoms with E-state index in [1.807, 2.05) is 57.2 Å². The van der Waals surface area contributed by atoms with E-state index in [1.54, 1.807) is 23.1 Å². The SMILES string of the molecule is CCN(CC)C(=O)CN(C)CC(=O)N1N=C(c2ccc(C)cc2)C[C@H]1c1ccco1. The molecule has 30 heavy (non-hydrogen) atoms. The number of nitrogens with zero attached hydrogens (tertiary/aromatic N) is 4. The van der Waals surface area contributed by atoms with E-state index in [-0.39, 0.29) is 30.9 Å². The van der Waals surface area contributed by atoms with Crippen molar-refractivity contribution in [2.75, 3.05) is 33.2 Å². The van der Waals surface area contributed by atoms with Crippen LogP contribution >= 0.6 is 0 Å². The van der Waals surface area contributed by atoms with Crippen molar-refractivity contribution in [3.8, 4) is 0 Å². The van der Waals surface area contributed by atoms with Crippen LogP contribution in [0.15, 0.2) is 52.2 Å². The zero-order valence-corrected chi connectivity index (χ0v) is 18.2. The summed E-state index contributed by atoms with van der Waals surface area (Å²) in [5.74, 6) is 0.563. The van der Waals surface area contributed by atoms with Crippen LogP contribution < -0.4 is 0 Å². The van der Waals surface area contributed by atoms with Gasteiger partial charge >= 0.3 is 0 Å².